The van der Waals surface area contributed by atoms with Crippen LogP contribution in [-0.4, -0.2) is 44.5 Å². The van der Waals surface area contributed by atoms with Gasteiger partial charge in [0.05, 0.1) is 16.9 Å². The van der Waals surface area contributed by atoms with Gasteiger partial charge in [0.25, 0.3) is 0 Å². The number of pyridine rings is 2. The molecule has 0 unspecified atom stereocenters. The van der Waals surface area contributed by atoms with Gasteiger partial charge in [-0.15, -0.1) is 0 Å². The maximum atomic E-state index is 12.4. The molecule has 4 rings (SSSR count). The Morgan fingerprint density at radius 2 is 2.06 bits per heavy atom. The maximum Gasteiger partial charge on any atom is 0.342 e. The average Bonchev–Trinajstić information content (AvgIpc) is 3.22. The molecule has 0 bridgehead atoms. The van der Waals surface area contributed by atoms with Gasteiger partial charge in [0, 0.05) is 23.0 Å². The molecule has 34 heavy (non-hydrogen) atoms. The van der Waals surface area contributed by atoms with E-state index in [-0.39, 0.29) is 18.8 Å². The van der Waals surface area contributed by atoms with E-state index >= 15 is 0 Å². The van der Waals surface area contributed by atoms with Crippen molar-refractivity contribution in [2.24, 2.45) is 0 Å². The third-order valence-corrected chi connectivity index (χ3v) is 4.89. The summed E-state index contributed by atoms with van der Waals surface area (Å²) in [5.41, 5.74) is 5.65. The second kappa shape index (κ2) is 10.4. The number of esters is 1. The summed E-state index contributed by atoms with van der Waals surface area (Å²) in [7, 11) is 0. The first-order valence-electron chi connectivity index (χ1n) is 10.6. The fourth-order valence-electron chi connectivity index (χ4n) is 3.46. The molecule has 0 spiro atoms. The van der Waals surface area contributed by atoms with Crippen LogP contribution in [0.3, 0.4) is 0 Å². The van der Waals surface area contributed by atoms with Gasteiger partial charge in [-0.25, -0.2) is 9.78 Å². The largest absolute Gasteiger partial charge is 0.449 e. The smallest absolute Gasteiger partial charge is 0.342 e. The third kappa shape index (κ3) is 5.46. The number of carbonyl (C=O) groups is 1. The van der Waals surface area contributed by atoms with Gasteiger partial charge in [0.15, 0.2) is 6.61 Å². The van der Waals surface area contributed by atoms with Crippen molar-refractivity contribution in [2.75, 3.05) is 18.5 Å². The summed E-state index contributed by atoms with van der Waals surface area (Å²) in [5, 5.41) is 20.3. The number of nitrogens with one attached hydrogen (secondary N) is 2. The molecule has 0 aliphatic carbocycles. The minimum atomic E-state index is -0.558. The summed E-state index contributed by atoms with van der Waals surface area (Å²) in [6.45, 7) is 3.62. The van der Waals surface area contributed by atoms with Gasteiger partial charge in [-0.05, 0) is 74.0 Å². The molecule has 3 N–H and O–H groups in total. The molecular weight excluding hydrogens is 430 g/mol. The van der Waals surface area contributed by atoms with Gasteiger partial charge in [-0.3, -0.25) is 10.1 Å². The number of ether oxygens (including phenoxy) is 1. The van der Waals surface area contributed by atoms with E-state index < -0.39 is 5.97 Å². The predicted molar refractivity (Wildman–Crippen MR) is 131 cm³/mol. The highest BCUT2D eigenvalue weighted by Crippen LogP contribution is 2.25. The zero-order valence-electron chi connectivity index (χ0n) is 18.8. The van der Waals surface area contributed by atoms with Crippen LogP contribution in [-0.2, 0) is 4.74 Å². The van der Waals surface area contributed by atoms with E-state index in [0.29, 0.717) is 5.82 Å². The summed E-state index contributed by atoms with van der Waals surface area (Å²) in [6.07, 6.45) is 5.46. The lowest BCUT2D eigenvalue weighted by Gasteiger charge is -2.10. The lowest BCUT2D eigenvalue weighted by molar-refractivity contribution is 0.0557. The van der Waals surface area contributed by atoms with E-state index in [9.17, 15) is 4.79 Å². The molecule has 0 saturated heterocycles. The van der Waals surface area contributed by atoms with Crippen LogP contribution in [0.1, 0.15) is 33.0 Å². The van der Waals surface area contributed by atoms with Crippen molar-refractivity contribution in [1.29, 1.82) is 0 Å². The molecule has 170 valence electrons. The molecule has 0 amide bonds. The molecular formula is C26H23N5O3. The minimum absolute atomic E-state index is 0.109. The molecule has 8 nitrogen and oxygen atoms in total. The van der Waals surface area contributed by atoms with Crippen molar-refractivity contribution >= 4 is 40.5 Å². The number of benzene rings is 1. The second-order valence-corrected chi connectivity index (χ2v) is 7.53. The summed E-state index contributed by atoms with van der Waals surface area (Å²) < 4.78 is 5.13. The Morgan fingerprint density at radius 1 is 1.18 bits per heavy atom. The lowest BCUT2D eigenvalue weighted by Crippen LogP contribution is -2.09. The third-order valence-electron chi connectivity index (χ3n) is 4.89. The molecule has 0 fully saturated rings. The normalized spacial score (nSPS) is 10.8. The van der Waals surface area contributed by atoms with Crippen LogP contribution in [0.4, 0.5) is 11.5 Å². The zero-order valence-corrected chi connectivity index (χ0v) is 18.8. The van der Waals surface area contributed by atoms with Crippen LogP contribution in [0.2, 0.25) is 0 Å². The summed E-state index contributed by atoms with van der Waals surface area (Å²) in [6, 6.07) is 13.1. The number of aliphatic hydroxyl groups is 1. The summed E-state index contributed by atoms with van der Waals surface area (Å²) in [4.78, 5) is 21.2. The number of aryl methyl sites for hydroxylation is 2. The van der Waals surface area contributed by atoms with Crippen LogP contribution in [0, 0.1) is 25.7 Å². The number of hydrogen-bond donors (Lipinski definition) is 3. The van der Waals surface area contributed by atoms with Crippen LogP contribution in [0.15, 0.2) is 48.7 Å². The number of hydrogen-bond acceptors (Lipinski definition) is 7. The standard InChI is InChI=1S/C26H23N5O3/c1-17-14-18(2)28-19(15-17)8-10-23-21-9-7-20(16-24(21)31-30-23)29-25-22(6-5-11-27-25)26(33)34-13-4-3-12-32/h5-11,14-16,32H,12-13H2,1-2H3,(H,27,29)(H,30,31)/b10-8+. The Morgan fingerprint density at radius 3 is 2.88 bits per heavy atom. The molecule has 8 heteroatoms. The molecule has 0 radical (unpaired) electrons. The molecule has 0 saturated carbocycles. The van der Waals surface area contributed by atoms with Crippen LogP contribution >= 0.6 is 0 Å². The topological polar surface area (TPSA) is 113 Å². The number of nitrogens with zero attached hydrogens (tertiary/aromatic N) is 3. The van der Waals surface area contributed by atoms with Gasteiger partial charge < -0.3 is 15.2 Å². The van der Waals surface area contributed by atoms with E-state index in [1.807, 2.05) is 56.3 Å². The SMILES string of the molecule is Cc1cc(C)nc(/C=C/c2n[nH]c3cc(Nc4ncccc4C(=O)OCC#CCO)ccc23)c1. The zero-order chi connectivity index (χ0) is 23.9. The van der Waals surface area contributed by atoms with E-state index in [2.05, 4.69) is 37.3 Å². The Balaban J connectivity index is 1.53. The van der Waals surface area contributed by atoms with Crippen LogP contribution < -0.4 is 5.32 Å². The Bertz CT molecular complexity index is 1410. The number of aliphatic hydroxyl groups excluding tert-OH is 1. The number of aromatic amines is 1. The number of anilines is 2. The van der Waals surface area contributed by atoms with Gasteiger partial charge in [-0.2, -0.15) is 5.10 Å². The molecule has 0 aliphatic rings. The first-order valence-corrected chi connectivity index (χ1v) is 10.6. The Labute approximate surface area is 196 Å². The molecule has 0 atom stereocenters. The fourth-order valence-corrected chi connectivity index (χ4v) is 3.46. The highest BCUT2D eigenvalue weighted by molar-refractivity contribution is 5.96. The predicted octanol–water partition coefficient (Wildman–Crippen LogP) is 4.04. The Hall–Kier alpha value is -4.48. The van der Waals surface area contributed by atoms with Crippen molar-refractivity contribution in [3.05, 3.63) is 76.9 Å². The number of fused-ring (bicyclic) bond motifs is 1. The summed E-state index contributed by atoms with van der Waals surface area (Å²) >= 11 is 0. The molecule has 1 aromatic carbocycles. The lowest BCUT2D eigenvalue weighted by atomic mass is 10.1. The fraction of sp³-hybridized carbons (Fsp3) is 0.154. The van der Waals surface area contributed by atoms with Gasteiger partial charge >= 0.3 is 5.97 Å². The van der Waals surface area contributed by atoms with Gasteiger partial charge in [0.1, 0.15) is 18.0 Å². The van der Waals surface area contributed by atoms with Crippen molar-refractivity contribution in [2.45, 2.75) is 13.8 Å². The molecule has 3 heterocycles. The monoisotopic (exact) mass is 453 g/mol. The first kappa shape index (κ1) is 22.7. The number of aromatic nitrogens is 4. The van der Waals surface area contributed by atoms with Gasteiger partial charge in [0.2, 0.25) is 0 Å². The first-order chi connectivity index (χ1) is 16.5. The average molecular weight is 454 g/mol. The number of rotatable bonds is 6. The molecule has 4 aromatic rings. The van der Waals surface area contributed by atoms with Gasteiger partial charge in [-0.1, -0.05) is 11.8 Å². The van der Waals surface area contributed by atoms with Crippen molar-refractivity contribution in [1.82, 2.24) is 20.2 Å². The maximum absolute atomic E-state index is 12.4. The van der Waals surface area contributed by atoms with Crippen LogP contribution in [0.5, 0.6) is 0 Å². The van der Waals surface area contributed by atoms with E-state index in [1.165, 1.54) is 0 Å². The molecule has 0 aliphatic heterocycles. The van der Waals surface area contributed by atoms with E-state index in [4.69, 9.17) is 9.84 Å². The number of H-pyrrole nitrogens is 1. The highest BCUT2D eigenvalue weighted by Gasteiger charge is 2.14. The molecule has 3 aromatic heterocycles. The van der Waals surface area contributed by atoms with Crippen molar-refractivity contribution < 1.29 is 14.6 Å². The quantitative estimate of drug-likeness (QED) is 0.298. The number of carbonyl (C=O) groups excluding carboxylic acids is 1. The van der Waals surface area contributed by atoms with Crippen molar-refractivity contribution in [3.63, 3.8) is 0 Å². The van der Waals surface area contributed by atoms with Crippen molar-refractivity contribution in [3.8, 4) is 11.8 Å². The summed E-state index contributed by atoms with van der Waals surface area (Å²) in [5.74, 6) is 4.79. The van der Waals surface area contributed by atoms with E-state index in [0.717, 1.165) is 39.2 Å². The second-order valence-electron chi connectivity index (χ2n) is 7.53. The Kier molecular flexibility index (Phi) is 6.96. The van der Waals surface area contributed by atoms with Crippen LogP contribution in [0.25, 0.3) is 23.1 Å². The van der Waals surface area contributed by atoms with E-state index in [1.54, 1.807) is 18.3 Å². The minimum Gasteiger partial charge on any atom is -0.449 e. The highest BCUT2D eigenvalue weighted by atomic mass is 16.5.